The first kappa shape index (κ1) is 16.9. The molecular formula is C20H26N2O2. The third kappa shape index (κ3) is 5.05. The number of aromatic nitrogens is 1. The minimum Gasteiger partial charge on any atom is -0.491 e. The number of likely N-dealkylation sites (tertiary alicyclic amines) is 1. The van der Waals surface area contributed by atoms with Crippen molar-refractivity contribution in [3.63, 3.8) is 0 Å². The molecule has 0 radical (unpaired) electrons. The van der Waals surface area contributed by atoms with Gasteiger partial charge < -0.3 is 9.84 Å². The molecule has 24 heavy (non-hydrogen) atoms. The van der Waals surface area contributed by atoms with E-state index in [0.717, 1.165) is 31.8 Å². The number of aliphatic hydroxyl groups is 1. The molecule has 0 bridgehead atoms. The predicted molar refractivity (Wildman–Crippen MR) is 95.0 cm³/mol. The van der Waals surface area contributed by atoms with Crippen molar-refractivity contribution in [3.8, 4) is 5.75 Å². The normalized spacial score (nSPS) is 18.5. The van der Waals surface area contributed by atoms with Gasteiger partial charge in [0.05, 0.1) is 6.61 Å². The molecule has 0 amide bonds. The van der Waals surface area contributed by atoms with E-state index in [2.05, 4.69) is 28.1 Å². The molecular weight excluding hydrogens is 300 g/mol. The molecule has 1 aliphatic rings. The Morgan fingerprint density at radius 1 is 1.21 bits per heavy atom. The van der Waals surface area contributed by atoms with Crippen LogP contribution >= 0.6 is 0 Å². The Kier molecular flexibility index (Phi) is 6.21. The lowest BCUT2D eigenvalue weighted by Gasteiger charge is -2.33. The Bertz CT molecular complexity index is 618. The van der Waals surface area contributed by atoms with Crippen molar-refractivity contribution in [2.45, 2.75) is 25.8 Å². The Balaban J connectivity index is 1.55. The van der Waals surface area contributed by atoms with Crippen LogP contribution in [-0.4, -0.2) is 41.3 Å². The fourth-order valence-corrected chi connectivity index (χ4v) is 3.47. The molecule has 2 aromatic rings. The average molecular weight is 326 g/mol. The lowest BCUT2D eigenvalue weighted by molar-refractivity contribution is 0.166. The van der Waals surface area contributed by atoms with E-state index in [0.29, 0.717) is 12.5 Å². The van der Waals surface area contributed by atoms with Gasteiger partial charge in [-0.05, 0) is 61.1 Å². The summed E-state index contributed by atoms with van der Waals surface area (Å²) < 4.78 is 5.51. The highest BCUT2D eigenvalue weighted by atomic mass is 16.5. The second-order valence-electron chi connectivity index (χ2n) is 6.53. The molecule has 3 rings (SSSR count). The smallest absolute Gasteiger partial charge is 0.119 e. The van der Waals surface area contributed by atoms with Crippen LogP contribution in [0.15, 0.2) is 48.8 Å². The van der Waals surface area contributed by atoms with Gasteiger partial charge in [-0.15, -0.1) is 0 Å². The third-order valence-electron chi connectivity index (χ3n) is 4.51. The summed E-state index contributed by atoms with van der Waals surface area (Å²) >= 11 is 0. The maximum absolute atomic E-state index is 8.87. The lowest BCUT2D eigenvalue weighted by atomic mass is 9.91. The van der Waals surface area contributed by atoms with Gasteiger partial charge in [0, 0.05) is 25.5 Å². The molecule has 0 saturated carbocycles. The van der Waals surface area contributed by atoms with Crippen LogP contribution in [-0.2, 0) is 13.0 Å². The van der Waals surface area contributed by atoms with E-state index in [1.165, 1.54) is 24.0 Å². The maximum atomic E-state index is 8.87. The molecule has 1 aromatic heterocycles. The van der Waals surface area contributed by atoms with E-state index < -0.39 is 0 Å². The monoisotopic (exact) mass is 326 g/mol. The summed E-state index contributed by atoms with van der Waals surface area (Å²) in [7, 11) is 0. The van der Waals surface area contributed by atoms with Gasteiger partial charge in [-0.2, -0.15) is 0 Å². The summed E-state index contributed by atoms with van der Waals surface area (Å²) in [5, 5.41) is 8.87. The number of piperidine rings is 1. The standard InChI is InChI=1S/C20H26N2O2/c23-10-11-24-20-7-1-4-19(13-20)16-22-9-3-6-18(15-22)12-17-5-2-8-21-14-17/h1-2,4-5,7-8,13-14,18,23H,3,6,9-12,15-16H2/t18-/m0/s1. The summed E-state index contributed by atoms with van der Waals surface area (Å²) in [6, 6.07) is 12.4. The molecule has 0 spiro atoms. The van der Waals surface area contributed by atoms with E-state index in [4.69, 9.17) is 9.84 Å². The zero-order valence-corrected chi connectivity index (χ0v) is 14.1. The van der Waals surface area contributed by atoms with E-state index in [1.807, 2.05) is 30.6 Å². The van der Waals surface area contributed by atoms with E-state index >= 15 is 0 Å². The summed E-state index contributed by atoms with van der Waals surface area (Å²) in [4.78, 5) is 6.76. The summed E-state index contributed by atoms with van der Waals surface area (Å²) in [6.07, 6.45) is 7.49. The molecule has 1 N–H and O–H groups in total. The number of benzene rings is 1. The Morgan fingerprint density at radius 2 is 2.12 bits per heavy atom. The second kappa shape index (κ2) is 8.81. The third-order valence-corrected chi connectivity index (χ3v) is 4.51. The van der Waals surface area contributed by atoms with Gasteiger partial charge in [0.25, 0.3) is 0 Å². The Hall–Kier alpha value is -1.91. The highest BCUT2D eigenvalue weighted by molar-refractivity contribution is 5.28. The number of pyridine rings is 1. The van der Waals surface area contributed by atoms with Crippen LogP contribution in [0.1, 0.15) is 24.0 Å². The summed E-state index contributed by atoms with van der Waals surface area (Å²) in [6.45, 7) is 3.65. The molecule has 1 aromatic carbocycles. The molecule has 4 heteroatoms. The summed E-state index contributed by atoms with van der Waals surface area (Å²) in [5.41, 5.74) is 2.61. The van der Waals surface area contributed by atoms with Crippen molar-refractivity contribution in [2.75, 3.05) is 26.3 Å². The van der Waals surface area contributed by atoms with Crippen LogP contribution < -0.4 is 4.74 Å². The number of ether oxygens (including phenoxy) is 1. The van der Waals surface area contributed by atoms with Crippen molar-refractivity contribution < 1.29 is 9.84 Å². The molecule has 1 fully saturated rings. The van der Waals surface area contributed by atoms with Crippen LogP contribution in [0.3, 0.4) is 0 Å². The van der Waals surface area contributed by atoms with Crippen molar-refractivity contribution in [2.24, 2.45) is 5.92 Å². The van der Waals surface area contributed by atoms with Gasteiger partial charge in [-0.3, -0.25) is 9.88 Å². The molecule has 4 nitrogen and oxygen atoms in total. The molecule has 0 aliphatic carbocycles. The first-order valence-corrected chi connectivity index (χ1v) is 8.77. The fraction of sp³-hybridized carbons (Fsp3) is 0.450. The second-order valence-corrected chi connectivity index (χ2v) is 6.53. The van der Waals surface area contributed by atoms with Gasteiger partial charge in [0.15, 0.2) is 0 Å². The average Bonchev–Trinajstić information content (AvgIpc) is 2.61. The van der Waals surface area contributed by atoms with E-state index in [9.17, 15) is 0 Å². The minimum absolute atomic E-state index is 0.0480. The van der Waals surface area contributed by atoms with Crippen LogP contribution in [0.25, 0.3) is 0 Å². The Labute approximate surface area is 144 Å². The van der Waals surface area contributed by atoms with E-state index in [1.54, 1.807) is 0 Å². The van der Waals surface area contributed by atoms with Crippen LogP contribution in [0.5, 0.6) is 5.75 Å². The number of nitrogens with zero attached hydrogens (tertiary/aromatic N) is 2. The fourth-order valence-electron chi connectivity index (χ4n) is 3.47. The molecule has 1 atom stereocenters. The molecule has 2 heterocycles. The number of hydrogen-bond acceptors (Lipinski definition) is 4. The number of hydrogen-bond donors (Lipinski definition) is 1. The molecule has 1 aliphatic heterocycles. The van der Waals surface area contributed by atoms with E-state index in [-0.39, 0.29) is 6.61 Å². The number of aliphatic hydroxyl groups excluding tert-OH is 1. The molecule has 1 saturated heterocycles. The zero-order chi connectivity index (χ0) is 16.6. The van der Waals surface area contributed by atoms with Gasteiger partial charge >= 0.3 is 0 Å². The zero-order valence-electron chi connectivity index (χ0n) is 14.1. The largest absolute Gasteiger partial charge is 0.491 e. The first-order valence-electron chi connectivity index (χ1n) is 8.77. The predicted octanol–water partition coefficient (Wildman–Crippen LogP) is 2.91. The number of rotatable bonds is 7. The SMILES string of the molecule is OCCOc1cccc(CN2CCC[C@@H](Cc3cccnc3)C2)c1. The van der Waals surface area contributed by atoms with Crippen LogP contribution in [0, 0.1) is 5.92 Å². The maximum Gasteiger partial charge on any atom is 0.119 e. The molecule has 0 unspecified atom stereocenters. The van der Waals surface area contributed by atoms with Crippen LogP contribution in [0.2, 0.25) is 0 Å². The van der Waals surface area contributed by atoms with Crippen molar-refractivity contribution in [1.29, 1.82) is 0 Å². The van der Waals surface area contributed by atoms with Crippen molar-refractivity contribution in [3.05, 3.63) is 59.9 Å². The van der Waals surface area contributed by atoms with Crippen molar-refractivity contribution in [1.82, 2.24) is 9.88 Å². The highest BCUT2D eigenvalue weighted by Crippen LogP contribution is 2.23. The van der Waals surface area contributed by atoms with Gasteiger partial charge in [0.1, 0.15) is 12.4 Å². The van der Waals surface area contributed by atoms with Crippen molar-refractivity contribution >= 4 is 0 Å². The molecule has 128 valence electrons. The quantitative estimate of drug-likeness (QED) is 0.850. The highest BCUT2D eigenvalue weighted by Gasteiger charge is 2.20. The van der Waals surface area contributed by atoms with Gasteiger partial charge in [0.2, 0.25) is 0 Å². The lowest BCUT2D eigenvalue weighted by Crippen LogP contribution is -2.35. The first-order chi connectivity index (χ1) is 11.8. The minimum atomic E-state index is 0.0480. The Morgan fingerprint density at radius 3 is 2.96 bits per heavy atom. The van der Waals surface area contributed by atoms with Gasteiger partial charge in [-0.1, -0.05) is 18.2 Å². The topological polar surface area (TPSA) is 45.6 Å². The summed E-state index contributed by atoms with van der Waals surface area (Å²) in [5.74, 6) is 1.54. The van der Waals surface area contributed by atoms with Gasteiger partial charge in [-0.25, -0.2) is 0 Å². The van der Waals surface area contributed by atoms with Crippen LogP contribution in [0.4, 0.5) is 0 Å².